The Balaban J connectivity index is 0.00000306. The van der Waals surface area contributed by atoms with Crippen LogP contribution in [0.3, 0.4) is 0 Å². The minimum absolute atomic E-state index is 0. The number of nitrogens with zero attached hydrogens (tertiary/aromatic N) is 4. The molecule has 0 saturated heterocycles. The molecule has 0 bridgehead atoms. The number of hydrogen-bond acceptors (Lipinski definition) is 7. The summed E-state index contributed by atoms with van der Waals surface area (Å²) in [5.41, 5.74) is 1.72. The molecule has 0 N–H and O–H groups in total. The summed E-state index contributed by atoms with van der Waals surface area (Å²) in [6.07, 6.45) is 0.767. The zero-order valence-corrected chi connectivity index (χ0v) is 20.8. The van der Waals surface area contributed by atoms with Gasteiger partial charge in [0.2, 0.25) is 0 Å². The molecule has 33 heavy (non-hydrogen) atoms. The minimum Gasteiger partial charge on any atom is -0.494 e. The number of benzene rings is 2. The van der Waals surface area contributed by atoms with Crippen LogP contribution in [0.2, 0.25) is 5.02 Å². The van der Waals surface area contributed by atoms with Gasteiger partial charge in [-0.15, -0.1) is 12.4 Å². The van der Waals surface area contributed by atoms with E-state index in [4.69, 9.17) is 25.8 Å². The summed E-state index contributed by atoms with van der Waals surface area (Å²) in [6.45, 7) is 1.30. The SMILES string of the molecule is COc1ccc(Cl)c2sc(N(CCCN(C)C)C(=O)c3cc(-c4ccccc4)on3)nc12.Cl. The lowest BCUT2D eigenvalue weighted by Crippen LogP contribution is -2.33. The fourth-order valence-corrected chi connectivity index (χ4v) is 4.58. The molecule has 0 aliphatic carbocycles. The topological polar surface area (TPSA) is 71.7 Å². The minimum atomic E-state index is -0.274. The molecule has 10 heteroatoms. The van der Waals surface area contributed by atoms with Gasteiger partial charge in [-0.05, 0) is 39.2 Å². The smallest absolute Gasteiger partial charge is 0.282 e. The molecule has 7 nitrogen and oxygen atoms in total. The molecule has 0 unspecified atom stereocenters. The van der Waals surface area contributed by atoms with Gasteiger partial charge in [0.05, 0.1) is 16.8 Å². The Hall–Kier alpha value is -2.65. The lowest BCUT2D eigenvalue weighted by molar-refractivity contribution is 0.0977. The Morgan fingerprint density at radius 3 is 2.61 bits per heavy atom. The van der Waals surface area contributed by atoms with Gasteiger partial charge in [0.1, 0.15) is 11.3 Å². The fraction of sp³-hybridized carbons (Fsp3) is 0.261. The van der Waals surface area contributed by atoms with Gasteiger partial charge in [-0.2, -0.15) is 0 Å². The Morgan fingerprint density at radius 1 is 1.15 bits per heavy atom. The summed E-state index contributed by atoms with van der Waals surface area (Å²) in [5.74, 6) is 0.875. The van der Waals surface area contributed by atoms with E-state index in [1.54, 1.807) is 30.2 Å². The van der Waals surface area contributed by atoms with Gasteiger partial charge in [0, 0.05) is 18.2 Å². The van der Waals surface area contributed by atoms with E-state index < -0.39 is 0 Å². The molecule has 0 aliphatic rings. The predicted molar refractivity (Wildman–Crippen MR) is 135 cm³/mol. The highest BCUT2D eigenvalue weighted by molar-refractivity contribution is 7.23. The van der Waals surface area contributed by atoms with Gasteiger partial charge in [0.25, 0.3) is 5.91 Å². The first-order valence-corrected chi connectivity index (χ1v) is 11.3. The first-order chi connectivity index (χ1) is 15.5. The van der Waals surface area contributed by atoms with E-state index in [1.165, 1.54) is 11.3 Å². The van der Waals surface area contributed by atoms with Crippen LogP contribution in [0.4, 0.5) is 5.13 Å². The van der Waals surface area contributed by atoms with Gasteiger partial charge in [0.15, 0.2) is 16.6 Å². The van der Waals surface area contributed by atoms with E-state index in [0.717, 1.165) is 23.2 Å². The number of carbonyl (C=O) groups is 1. The van der Waals surface area contributed by atoms with Crippen molar-refractivity contribution in [1.82, 2.24) is 15.0 Å². The maximum absolute atomic E-state index is 13.5. The summed E-state index contributed by atoms with van der Waals surface area (Å²) in [5, 5.41) is 5.15. The van der Waals surface area contributed by atoms with Crippen molar-refractivity contribution in [1.29, 1.82) is 0 Å². The molecule has 4 aromatic rings. The monoisotopic (exact) mass is 506 g/mol. The molecule has 0 saturated carbocycles. The van der Waals surface area contributed by atoms with Crippen molar-refractivity contribution in [3.63, 3.8) is 0 Å². The van der Waals surface area contributed by atoms with E-state index >= 15 is 0 Å². The van der Waals surface area contributed by atoms with Crippen molar-refractivity contribution < 1.29 is 14.1 Å². The van der Waals surface area contributed by atoms with Gasteiger partial charge >= 0.3 is 0 Å². The van der Waals surface area contributed by atoms with Crippen LogP contribution in [0, 0.1) is 0 Å². The van der Waals surface area contributed by atoms with Gasteiger partial charge in [-0.1, -0.05) is 58.4 Å². The van der Waals surface area contributed by atoms with Gasteiger partial charge in [-0.3, -0.25) is 9.69 Å². The van der Waals surface area contributed by atoms with Crippen molar-refractivity contribution in [3.05, 3.63) is 59.2 Å². The number of thiazole rings is 1. The zero-order valence-electron chi connectivity index (χ0n) is 18.4. The molecule has 2 heterocycles. The van der Waals surface area contributed by atoms with E-state index in [9.17, 15) is 4.79 Å². The molecule has 4 rings (SSSR count). The molecule has 0 spiro atoms. The van der Waals surface area contributed by atoms with Crippen LogP contribution in [0.1, 0.15) is 16.9 Å². The zero-order chi connectivity index (χ0) is 22.7. The molecule has 2 aromatic carbocycles. The third-order valence-electron chi connectivity index (χ3n) is 4.92. The van der Waals surface area contributed by atoms with Crippen molar-refractivity contribution in [2.45, 2.75) is 6.42 Å². The molecule has 0 radical (unpaired) electrons. The Bertz CT molecular complexity index is 1230. The lowest BCUT2D eigenvalue weighted by atomic mass is 10.1. The summed E-state index contributed by atoms with van der Waals surface area (Å²) in [4.78, 5) is 21.9. The van der Waals surface area contributed by atoms with Crippen LogP contribution in [0.15, 0.2) is 53.1 Å². The van der Waals surface area contributed by atoms with Crippen molar-refractivity contribution in [2.24, 2.45) is 0 Å². The molecule has 0 fully saturated rings. The number of rotatable bonds is 8. The molecular weight excluding hydrogens is 483 g/mol. The summed E-state index contributed by atoms with van der Waals surface area (Å²) in [7, 11) is 5.58. The van der Waals surface area contributed by atoms with Crippen LogP contribution < -0.4 is 9.64 Å². The van der Waals surface area contributed by atoms with Crippen molar-refractivity contribution in [3.8, 4) is 17.1 Å². The maximum atomic E-state index is 13.5. The second kappa shape index (κ2) is 11.0. The Labute approximate surface area is 207 Å². The third-order valence-corrected chi connectivity index (χ3v) is 6.46. The predicted octanol–water partition coefficient (Wildman–Crippen LogP) is 5.63. The van der Waals surface area contributed by atoms with E-state index in [1.807, 2.05) is 44.4 Å². The summed E-state index contributed by atoms with van der Waals surface area (Å²) >= 11 is 7.75. The third kappa shape index (κ3) is 5.47. The molecular formula is C23H24Cl2N4O3S. The molecule has 0 atom stereocenters. The molecule has 1 amide bonds. The van der Waals surface area contributed by atoms with Crippen molar-refractivity contribution >= 4 is 56.6 Å². The average Bonchev–Trinajstić information content (AvgIpc) is 3.46. The number of ether oxygens (including phenoxy) is 1. The highest BCUT2D eigenvalue weighted by Crippen LogP contribution is 2.39. The van der Waals surface area contributed by atoms with Crippen LogP contribution >= 0.6 is 35.3 Å². The second-order valence-electron chi connectivity index (χ2n) is 7.48. The van der Waals surface area contributed by atoms with Crippen LogP contribution in [-0.2, 0) is 0 Å². The quantitative estimate of drug-likeness (QED) is 0.308. The lowest BCUT2D eigenvalue weighted by Gasteiger charge is -2.19. The average molecular weight is 507 g/mol. The number of hydrogen-bond donors (Lipinski definition) is 0. The Morgan fingerprint density at radius 2 is 1.91 bits per heavy atom. The molecule has 174 valence electrons. The van der Waals surface area contributed by atoms with E-state index in [-0.39, 0.29) is 24.0 Å². The largest absolute Gasteiger partial charge is 0.494 e. The van der Waals surface area contributed by atoms with Crippen LogP contribution in [0.25, 0.3) is 21.5 Å². The normalized spacial score (nSPS) is 10.9. The second-order valence-corrected chi connectivity index (χ2v) is 8.86. The number of methoxy groups -OCH3 is 1. The van der Waals surface area contributed by atoms with Crippen LogP contribution in [0.5, 0.6) is 5.75 Å². The fourth-order valence-electron chi connectivity index (χ4n) is 3.30. The number of aromatic nitrogens is 2. The first-order valence-electron chi connectivity index (χ1n) is 10.1. The number of halogens is 2. The van der Waals surface area contributed by atoms with Crippen LogP contribution in [-0.4, -0.2) is 55.2 Å². The first kappa shape index (κ1) is 25.0. The van der Waals surface area contributed by atoms with Crippen molar-refractivity contribution in [2.75, 3.05) is 39.2 Å². The highest BCUT2D eigenvalue weighted by atomic mass is 35.5. The standard InChI is InChI=1S/C23H23ClN4O3S.ClH/c1-27(2)12-7-13-28(23-25-20-18(30-3)11-10-16(24)21(20)32-23)22(29)17-14-19(31-26-17)15-8-5-4-6-9-15;/h4-6,8-11,14H,7,12-13H2,1-3H3;1H. The van der Waals surface area contributed by atoms with Gasteiger partial charge in [-0.25, -0.2) is 4.98 Å². The number of carbonyl (C=O) groups excluding carboxylic acids is 1. The number of amides is 1. The number of anilines is 1. The maximum Gasteiger partial charge on any atom is 0.282 e. The summed E-state index contributed by atoms with van der Waals surface area (Å²) < 4.78 is 11.7. The van der Waals surface area contributed by atoms with Gasteiger partial charge < -0.3 is 14.2 Å². The summed E-state index contributed by atoms with van der Waals surface area (Å²) in [6, 6.07) is 14.8. The number of fused-ring (bicyclic) bond motifs is 1. The molecule has 0 aliphatic heterocycles. The van der Waals surface area contributed by atoms with E-state index in [2.05, 4.69) is 10.1 Å². The highest BCUT2D eigenvalue weighted by Gasteiger charge is 2.25. The van der Waals surface area contributed by atoms with E-state index in [0.29, 0.717) is 33.7 Å². The molecule has 2 aromatic heterocycles. The Kier molecular flexibility index (Phi) is 8.31.